The lowest BCUT2D eigenvalue weighted by Crippen LogP contribution is -2.50. The third-order valence-corrected chi connectivity index (χ3v) is 4.14. The molecule has 9 nitrogen and oxygen atoms in total. The molecule has 2 rings (SSSR count). The van der Waals surface area contributed by atoms with Gasteiger partial charge in [-0.15, -0.1) is 24.0 Å². The molecule has 0 spiro atoms. The van der Waals surface area contributed by atoms with Crippen molar-refractivity contribution in [1.82, 2.24) is 25.5 Å². The molecule has 3 N–H and O–H groups in total. The van der Waals surface area contributed by atoms with Crippen LogP contribution in [-0.2, 0) is 10.9 Å². The van der Waals surface area contributed by atoms with E-state index in [1.54, 1.807) is 11.9 Å². The molecule has 0 atom stereocenters. The lowest BCUT2D eigenvalue weighted by atomic mass is 10.1. The van der Waals surface area contributed by atoms with Crippen LogP contribution >= 0.6 is 24.0 Å². The Morgan fingerprint density at radius 3 is 2.62 bits per heavy atom. The molecule has 0 aliphatic carbocycles. The Balaban J connectivity index is 0.00000420. The van der Waals surface area contributed by atoms with Crippen LogP contribution in [0.3, 0.4) is 0 Å². The van der Waals surface area contributed by atoms with Crippen molar-refractivity contribution in [1.29, 1.82) is 0 Å². The number of nitrogens with zero attached hydrogens (tertiary/aromatic N) is 4. The summed E-state index contributed by atoms with van der Waals surface area (Å²) in [4.78, 5) is 24.5. The average Bonchev–Trinajstić information content (AvgIpc) is 2.69. The molecule has 0 bridgehead atoms. The van der Waals surface area contributed by atoms with Crippen LogP contribution in [-0.4, -0.2) is 73.3 Å². The molecule has 0 aromatic carbocycles. The molecule has 1 saturated heterocycles. The van der Waals surface area contributed by atoms with Crippen molar-refractivity contribution >= 4 is 42.0 Å². The van der Waals surface area contributed by atoms with Crippen molar-refractivity contribution in [3.8, 4) is 0 Å². The number of likely N-dealkylation sites (tertiary alicyclic amines) is 1. The van der Waals surface area contributed by atoms with Gasteiger partial charge in [0.2, 0.25) is 5.95 Å². The molecule has 0 saturated carbocycles. The predicted octanol–water partition coefficient (Wildman–Crippen LogP) is 1.92. The van der Waals surface area contributed by atoms with Crippen LogP contribution in [0.25, 0.3) is 0 Å². The molecular formula is C16H25F3IN7O2. The number of alkyl halides is 3. The maximum absolute atomic E-state index is 12.6. The van der Waals surface area contributed by atoms with Crippen molar-refractivity contribution in [2.75, 3.05) is 45.7 Å². The number of carbonyl (C=O) groups excluding carboxylic acids is 1. The Kier molecular flexibility index (Phi) is 10.2. The minimum Gasteiger partial charge on any atom is -0.453 e. The number of hydrogen-bond acceptors (Lipinski definition) is 6. The molecule has 1 aromatic heterocycles. The van der Waals surface area contributed by atoms with Crippen molar-refractivity contribution < 1.29 is 22.7 Å². The number of amides is 1. The van der Waals surface area contributed by atoms with Gasteiger partial charge in [0.25, 0.3) is 0 Å². The zero-order valence-corrected chi connectivity index (χ0v) is 18.5. The van der Waals surface area contributed by atoms with E-state index in [4.69, 9.17) is 4.74 Å². The Bertz CT molecular complexity index is 683. The monoisotopic (exact) mass is 531 g/mol. The summed E-state index contributed by atoms with van der Waals surface area (Å²) in [5, 5.41) is 9.07. The second kappa shape index (κ2) is 11.8. The second-order valence-corrected chi connectivity index (χ2v) is 6.06. The van der Waals surface area contributed by atoms with Crippen LogP contribution in [0.4, 0.5) is 23.9 Å². The van der Waals surface area contributed by atoms with Gasteiger partial charge in [-0.1, -0.05) is 0 Å². The van der Waals surface area contributed by atoms with Gasteiger partial charge in [-0.2, -0.15) is 13.2 Å². The summed E-state index contributed by atoms with van der Waals surface area (Å²) in [6, 6.07) is 0.979. The average molecular weight is 531 g/mol. The van der Waals surface area contributed by atoms with Crippen LogP contribution in [0.15, 0.2) is 17.3 Å². The fraction of sp³-hybridized carbons (Fsp3) is 0.625. The van der Waals surface area contributed by atoms with Crippen LogP contribution in [0, 0.1) is 0 Å². The van der Waals surface area contributed by atoms with E-state index >= 15 is 0 Å². The van der Waals surface area contributed by atoms with Gasteiger partial charge in [-0.05, 0) is 18.9 Å². The molecule has 2 heterocycles. The van der Waals surface area contributed by atoms with Gasteiger partial charge in [0.05, 0.1) is 7.11 Å². The van der Waals surface area contributed by atoms with E-state index in [2.05, 4.69) is 30.9 Å². The standard InChI is InChI=1S/C16H24F3N7O2.HI/c1-20-13(24-11-4-9-26(10-5-11)15(27)28-2)22-7-8-23-14-21-6-3-12(25-14)16(17,18)19;/h3,6,11H,4-5,7-10H2,1-2H3,(H2,20,22,24)(H,21,23,25);1H. The minimum absolute atomic E-state index is 0. The Hall–Kier alpha value is -2.06. The topological polar surface area (TPSA) is 104 Å². The van der Waals surface area contributed by atoms with Crippen molar-refractivity contribution in [2.24, 2.45) is 4.99 Å². The number of aliphatic imine (C=N–C) groups is 1. The number of rotatable bonds is 5. The van der Waals surface area contributed by atoms with Crippen LogP contribution in [0.1, 0.15) is 18.5 Å². The number of anilines is 1. The maximum atomic E-state index is 12.6. The summed E-state index contributed by atoms with van der Waals surface area (Å²) in [5.41, 5.74) is -0.992. The fourth-order valence-corrected chi connectivity index (χ4v) is 2.68. The zero-order chi connectivity index (χ0) is 20.6. The third kappa shape index (κ3) is 8.06. The summed E-state index contributed by atoms with van der Waals surface area (Å²) < 4.78 is 42.6. The summed E-state index contributed by atoms with van der Waals surface area (Å²) in [5.74, 6) is 0.484. The molecule has 29 heavy (non-hydrogen) atoms. The lowest BCUT2D eigenvalue weighted by molar-refractivity contribution is -0.141. The first-order valence-corrected chi connectivity index (χ1v) is 8.77. The number of aromatic nitrogens is 2. The third-order valence-electron chi connectivity index (χ3n) is 4.14. The first kappa shape index (κ1) is 25.0. The van der Waals surface area contributed by atoms with Crippen LogP contribution in [0.5, 0.6) is 0 Å². The summed E-state index contributed by atoms with van der Waals surface area (Å²) in [6.45, 7) is 1.90. The van der Waals surface area contributed by atoms with E-state index in [9.17, 15) is 18.0 Å². The molecule has 13 heteroatoms. The van der Waals surface area contributed by atoms with E-state index < -0.39 is 11.9 Å². The predicted molar refractivity (Wildman–Crippen MR) is 112 cm³/mol. The molecule has 1 fully saturated rings. The number of methoxy groups -OCH3 is 1. The van der Waals surface area contributed by atoms with E-state index in [0.717, 1.165) is 25.1 Å². The highest BCUT2D eigenvalue weighted by molar-refractivity contribution is 14.0. The number of piperidine rings is 1. The molecular weight excluding hydrogens is 506 g/mol. The Morgan fingerprint density at radius 2 is 2.03 bits per heavy atom. The number of ether oxygens (including phenoxy) is 1. The smallest absolute Gasteiger partial charge is 0.433 e. The highest BCUT2D eigenvalue weighted by Crippen LogP contribution is 2.27. The number of guanidine groups is 1. The van der Waals surface area contributed by atoms with E-state index in [1.807, 2.05) is 0 Å². The van der Waals surface area contributed by atoms with Crippen molar-refractivity contribution in [3.63, 3.8) is 0 Å². The normalized spacial score (nSPS) is 15.3. The molecule has 164 valence electrons. The molecule has 0 unspecified atom stereocenters. The van der Waals surface area contributed by atoms with Gasteiger partial charge in [0, 0.05) is 45.5 Å². The summed E-state index contributed by atoms with van der Waals surface area (Å²) >= 11 is 0. The maximum Gasteiger partial charge on any atom is 0.433 e. The van der Waals surface area contributed by atoms with Gasteiger partial charge in [0.1, 0.15) is 5.69 Å². The SMILES string of the molecule is CN=C(NCCNc1nccc(C(F)(F)F)n1)NC1CCN(C(=O)OC)CC1.I. The van der Waals surface area contributed by atoms with Gasteiger partial charge in [0.15, 0.2) is 5.96 Å². The number of halogens is 4. The molecule has 1 aromatic rings. The highest BCUT2D eigenvalue weighted by atomic mass is 127. The van der Waals surface area contributed by atoms with E-state index in [-0.39, 0.29) is 42.1 Å². The second-order valence-electron chi connectivity index (χ2n) is 6.06. The van der Waals surface area contributed by atoms with Crippen molar-refractivity contribution in [3.05, 3.63) is 18.0 Å². The fourth-order valence-electron chi connectivity index (χ4n) is 2.68. The first-order chi connectivity index (χ1) is 13.3. The Labute approximate surface area is 183 Å². The summed E-state index contributed by atoms with van der Waals surface area (Å²) in [6.07, 6.45) is -2.26. The van der Waals surface area contributed by atoms with E-state index in [0.29, 0.717) is 32.1 Å². The van der Waals surface area contributed by atoms with Gasteiger partial charge in [-0.3, -0.25) is 4.99 Å². The number of hydrogen-bond donors (Lipinski definition) is 3. The van der Waals surface area contributed by atoms with E-state index in [1.165, 1.54) is 7.11 Å². The zero-order valence-electron chi connectivity index (χ0n) is 16.1. The quantitative estimate of drug-likeness (QED) is 0.231. The molecule has 1 amide bonds. The molecule has 0 radical (unpaired) electrons. The number of carbonyl (C=O) groups is 1. The summed E-state index contributed by atoms with van der Waals surface area (Å²) in [7, 11) is 2.99. The van der Waals surface area contributed by atoms with Crippen LogP contribution in [0.2, 0.25) is 0 Å². The largest absolute Gasteiger partial charge is 0.453 e. The minimum atomic E-state index is -4.51. The van der Waals surface area contributed by atoms with Gasteiger partial charge in [-0.25, -0.2) is 14.8 Å². The van der Waals surface area contributed by atoms with Crippen LogP contribution < -0.4 is 16.0 Å². The molecule has 1 aliphatic heterocycles. The van der Waals surface area contributed by atoms with Gasteiger partial charge < -0.3 is 25.6 Å². The first-order valence-electron chi connectivity index (χ1n) is 8.77. The van der Waals surface area contributed by atoms with Crippen molar-refractivity contribution in [2.45, 2.75) is 25.1 Å². The van der Waals surface area contributed by atoms with Gasteiger partial charge >= 0.3 is 12.3 Å². The Morgan fingerprint density at radius 1 is 1.34 bits per heavy atom. The highest BCUT2D eigenvalue weighted by Gasteiger charge is 2.32. The number of nitrogens with one attached hydrogen (secondary N) is 3. The lowest BCUT2D eigenvalue weighted by Gasteiger charge is -2.32. The molecule has 1 aliphatic rings.